The summed E-state index contributed by atoms with van der Waals surface area (Å²) in [7, 11) is -3.71. The molecular formula is C17H15ClN4O3S2. The highest BCUT2D eigenvalue weighted by atomic mass is 35.5. The Morgan fingerprint density at radius 2 is 1.74 bits per heavy atom. The molecule has 7 nitrogen and oxygen atoms in total. The van der Waals surface area contributed by atoms with Gasteiger partial charge in [-0.25, -0.2) is 13.1 Å². The SMILES string of the molecule is Cc1ccc(NC(=O)c2nnc(CNS(=O)(=O)c3ccc(Cl)cc3)s2)cc1. The van der Waals surface area contributed by atoms with Crippen LogP contribution in [-0.4, -0.2) is 24.5 Å². The number of hydrogen-bond donors (Lipinski definition) is 2. The fraction of sp³-hybridized carbons (Fsp3) is 0.118. The van der Waals surface area contributed by atoms with Crippen LogP contribution in [0.5, 0.6) is 0 Å². The fourth-order valence-corrected chi connectivity index (χ4v) is 3.97. The van der Waals surface area contributed by atoms with Gasteiger partial charge in [0, 0.05) is 10.7 Å². The van der Waals surface area contributed by atoms with Crippen LogP contribution in [0.2, 0.25) is 5.02 Å². The van der Waals surface area contributed by atoms with Crippen LogP contribution in [0, 0.1) is 6.92 Å². The van der Waals surface area contributed by atoms with Crippen LogP contribution in [0.3, 0.4) is 0 Å². The van der Waals surface area contributed by atoms with Crippen molar-refractivity contribution in [2.24, 2.45) is 0 Å². The largest absolute Gasteiger partial charge is 0.320 e. The Morgan fingerprint density at radius 1 is 1.07 bits per heavy atom. The Labute approximate surface area is 165 Å². The van der Waals surface area contributed by atoms with Gasteiger partial charge in [-0.15, -0.1) is 10.2 Å². The van der Waals surface area contributed by atoms with Gasteiger partial charge in [-0.3, -0.25) is 4.79 Å². The Morgan fingerprint density at radius 3 is 2.41 bits per heavy atom. The summed E-state index contributed by atoms with van der Waals surface area (Å²) in [6.07, 6.45) is 0. The summed E-state index contributed by atoms with van der Waals surface area (Å²) in [5, 5.41) is 11.4. The van der Waals surface area contributed by atoms with Gasteiger partial charge in [0.05, 0.1) is 11.4 Å². The third-order valence-corrected chi connectivity index (χ3v) is 6.10. The predicted octanol–water partition coefficient (Wildman–Crippen LogP) is 3.23. The number of aromatic nitrogens is 2. The zero-order chi connectivity index (χ0) is 19.4. The molecule has 1 amide bonds. The van der Waals surface area contributed by atoms with Crippen LogP contribution >= 0.6 is 22.9 Å². The van der Waals surface area contributed by atoms with E-state index in [1.54, 1.807) is 12.1 Å². The number of halogens is 1. The van der Waals surface area contributed by atoms with Crippen molar-refractivity contribution in [2.75, 3.05) is 5.32 Å². The number of sulfonamides is 1. The number of hydrogen-bond acceptors (Lipinski definition) is 6. The second kappa shape index (κ2) is 8.13. The summed E-state index contributed by atoms with van der Waals surface area (Å²) in [4.78, 5) is 12.3. The van der Waals surface area contributed by atoms with Gasteiger partial charge in [0.25, 0.3) is 5.91 Å². The number of carbonyl (C=O) groups excluding carboxylic acids is 1. The molecule has 27 heavy (non-hydrogen) atoms. The molecule has 0 aliphatic rings. The minimum Gasteiger partial charge on any atom is -0.320 e. The number of nitrogens with zero attached hydrogens (tertiary/aromatic N) is 2. The molecule has 0 aliphatic carbocycles. The quantitative estimate of drug-likeness (QED) is 0.635. The summed E-state index contributed by atoms with van der Waals surface area (Å²) in [6, 6.07) is 13.1. The van der Waals surface area contributed by atoms with E-state index in [4.69, 9.17) is 11.6 Å². The van der Waals surface area contributed by atoms with Crippen LogP contribution in [0.4, 0.5) is 5.69 Å². The number of nitrogens with one attached hydrogen (secondary N) is 2. The van der Waals surface area contributed by atoms with Crippen molar-refractivity contribution in [3.8, 4) is 0 Å². The van der Waals surface area contributed by atoms with Gasteiger partial charge in [-0.1, -0.05) is 40.6 Å². The van der Waals surface area contributed by atoms with E-state index in [2.05, 4.69) is 20.2 Å². The van der Waals surface area contributed by atoms with Crippen molar-refractivity contribution in [1.29, 1.82) is 0 Å². The van der Waals surface area contributed by atoms with Crippen molar-refractivity contribution in [2.45, 2.75) is 18.4 Å². The summed E-state index contributed by atoms with van der Waals surface area (Å²) in [6.45, 7) is 1.88. The second-order valence-electron chi connectivity index (χ2n) is 5.60. The third kappa shape index (κ3) is 5.10. The molecule has 0 saturated heterocycles. The zero-order valence-electron chi connectivity index (χ0n) is 14.1. The molecule has 1 heterocycles. The van der Waals surface area contributed by atoms with E-state index in [1.807, 2.05) is 19.1 Å². The normalized spacial score (nSPS) is 11.3. The Hall–Kier alpha value is -2.33. The molecule has 0 fully saturated rings. The van der Waals surface area contributed by atoms with Gasteiger partial charge in [-0.05, 0) is 43.3 Å². The van der Waals surface area contributed by atoms with Gasteiger partial charge < -0.3 is 5.32 Å². The van der Waals surface area contributed by atoms with Crippen molar-refractivity contribution < 1.29 is 13.2 Å². The van der Waals surface area contributed by atoms with E-state index in [9.17, 15) is 13.2 Å². The molecule has 2 aromatic carbocycles. The van der Waals surface area contributed by atoms with Crippen molar-refractivity contribution in [1.82, 2.24) is 14.9 Å². The Balaban J connectivity index is 1.62. The monoisotopic (exact) mass is 422 g/mol. The van der Waals surface area contributed by atoms with Gasteiger partial charge in [-0.2, -0.15) is 0 Å². The molecule has 0 spiro atoms. The van der Waals surface area contributed by atoms with E-state index < -0.39 is 15.9 Å². The Kier molecular flexibility index (Phi) is 5.85. The van der Waals surface area contributed by atoms with Gasteiger partial charge in [0.2, 0.25) is 15.0 Å². The van der Waals surface area contributed by atoms with Crippen LogP contribution in [0.15, 0.2) is 53.4 Å². The van der Waals surface area contributed by atoms with Gasteiger partial charge >= 0.3 is 0 Å². The summed E-state index contributed by atoms with van der Waals surface area (Å²) < 4.78 is 26.9. The number of amides is 1. The maximum absolute atomic E-state index is 12.2. The van der Waals surface area contributed by atoms with Gasteiger partial charge in [0.1, 0.15) is 5.01 Å². The maximum atomic E-state index is 12.2. The smallest absolute Gasteiger partial charge is 0.286 e. The van der Waals surface area contributed by atoms with Crippen molar-refractivity contribution >= 4 is 44.6 Å². The lowest BCUT2D eigenvalue weighted by Gasteiger charge is -2.04. The average Bonchev–Trinajstić information content (AvgIpc) is 3.12. The number of benzene rings is 2. The minimum atomic E-state index is -3.71. The van der Waals surface area contributed by atoms with Gasteiger partial charge in [0.15, 0.2) is 0 Å². The molecule has 2 N–H and O–H groups in total. The second-order valence-corrected chi connectivity index (χ2v) is 8.87. The highest BCUT2D eigenvalue weighted by molar-refractivity contribution is 7.89. The molecule has 0 aliphatic heterocycles. The van der Waals surface area contributed by atoms with Crippen LogP contribution in [0.25, 0.3) is 0 Å². The third-order valence-electron chi connectivity index (χ3n) is 3.51. The first-order valence-corrected chi connectivity index (χ1v) is 10.5. The van der Waals surface area contributed by atoms with Crippen LogP contribution < -0.4 is 10.0 Å². The van der Waals surface area contributed by atoms with E-state index >= 15 is 0 Å². The highest BCUT2D eigenvalue weighted by Gasteiger charge is 2.17. The predicted molar refractivity (Wildman–Crippen MR) is 105 cm³/mol. The summed E-state index contributed by atoms with van der Waals surface area (Å²) in [5.41, 5.74) is 1.73. The minimum absolute atomic E-state index is 0.0690. The number of anilines is 1. The summed E-state index contributed by atoms with van der Waals surface area (Å²) in [5.74, 6) is -0.400. The number of aryl methyl sites for hydroxylation is 1. The molecule has 10 heteroatoms. The molecular weight excluding hydrogens is 408 g/mol. The van der Waals surface area contributed by atoms with Crippen molar-refractivity contribution in [3.63, 3.8) is 0 Å². The first kappa shape index (κ1) is 19.4. The van der Waals surface area contributed by atoms with E-state index in [1.165, 1.54) is 24.3 Å². The molecule has 0 radical (unpaired) electrons. The van der Waals surface area contributed by atoms with Crippen LogP contribution in [0.1, 0.15) is 20.4 Å². The Bertz CT molecular complexity index is 1050. The van der Waals surface area contributed by atoms with E-state index in [-0.39, 0.29) is 16.4 Å². The topological polar surface area (TPSA) is 101 Å². The molecule has 1 aromatic heterocycles. The van der Waals surface area contributed by atoms with Crippen LogP contribution in [-0.2, 0) is 16.6 Å². The summed E-state index contributed by atoms with van der Waals surface area (Å²) >= 11 is 6.78. The average molecular weight is 423 g/mol. The molecule has 0 atom stereocenters. The maximum Gasteiger partial charge on any atom is 0.286 e. The molecule has 140 valence electrons. The number of rotatable bonds is 6. The molecule has 0 unspecified atom stereocenters. The highest BCUT2D eigenvalue weighted by Crippen LogP contribution is 2.16. The lowest BCUT2D eigenvalue weighted by atomic mass is 10.2. The zero-order valence-corrected chi connectivity index (χ0v) is 16.5. The molecule has 0 bridgehead atoms. The fourth-order valence-electron chi connectivity index (χ4n) is 2.09. The first-order chi connectivity index (χ1) is 12.8. The lowest BCUT2D eigenvalue weighted by Crippen LogP contribution is -2.23. The standard InChI is InChI=1S/C17H15ClN4O3S2/c1-11-2-6-13(7-3-11)20-16(23)17-22-21-15(26-17)10-19-27(24,25)14-8-4-12(18)5-9-14/h2-9,19H,10H2,1H3,(H,20,23). The van der Waals surface area contributed by atoms with E-state index in [0.717, 1.165) is 16.9 Å². The molecule has 3 aromatic rings. The lowest BCUT2D eigenvalue weighted by molar-refractivity contribution is 0.102. The molecule has 3 rings (SSSR count). The van der Waals surface area contributed by atoms with E-state index in [0.29, 0.717) is 15.7 Å². The molecule has 0 saturated carbocycles. The number of carbonyl (C=O) groups is 1. The van der Waals surface area contributed by atoms with Crippen molar-refractivity contribution in [3.05, 3.63) is 69.1 Å². The first-order valence-electron chi connectivity index (χ1n) is 7.79.